The number of ether oxygens (including phenoxy) is 6. The van der Waals surface area contributed by atoms with E-state index in [9.17, 15) is 0 Å². The van der Waals surface area contributed by atoms with Crippen LogP contribution in [0.15, 0.2) is 30.3 Å². The minimum absolute atomic E-state index is 0.0289. The molecule has 2 unspecified atom stereocenters. The van der Waals surface area contributed by atoms with Crippen LogP contribution in [-0.2, 0) is 4.74 Å². The Balaban J connectivity index is 2.02. The number of rotatable bonds is 9. The standard InChI is InChI=1S/C22H29NO6/c1-24-15-6-7-16-17(13-21(28-9-5-8-23)29-18(16)12-15)14-10-19(25-2)22(27-4)20(11-14)26-3/h6-7,10-12,17,21H,5,8-9,13,23H2,1-4H3. The highest BCUT2D eigenvalue weighted by molar-refractivity contribution is 5.57. The third kappa shape index (κ3) is 4.52. The van der Waals surface area contributed by atoms with Gasteiger partial charge in [-0.15, -0.1) is 0 Å². The Kier molecular flexibility index (Phi) is 7.06. The topological polar surface area (TPSA) is 81.4 Å². The molecule has 0 aliphatic carbocycles. The highest BCUT2D eigenvalue weighted by Crippen LogP contribution is 2.46. The van der Waals surface area contributed by atoms with Crippen LogP contribution >= 0.6 is 0 Å². The van der Waals surface area contributed by atoms with Crippen LogP contribution in [0.25, 0.3) is 0 Å². The van der Waals surface area contributed by atoms with Gasteiger partial charge in [-0.2, -0.15) is 0 Å². The van der Waals surface area contributed by atoms with Gasteiger partial charge in [0.25, 0.3) is 0 Å². The molecule has 7 nitrogen and oxygen atoms in total. The molecule has 7 heteroatoms. The van der Waals surface area contributed by atoms with E-state index in [-0.39, 0.29) is 12.2 Å². The van der Waals surface area contributed by atoms with Crippen molar-refractivity contribution in [1.82, 2.24) is 0 Å². The highest BCUT2D eigenvalue weighted by atomic mass is 16.7. The Morgan fingerprint density at radius 3 is 2.28 bits per heavy atom. The molecule has 0 saturated carbocycles. The SMILES string of the molecule is COc1ccc2c(c1)OC(OCCCN)CC2c1cc(OC)c(OC)c(OC)c1. The van der Waals surface area contributed by atoms with Crippen molar-refractivity contribution in [3.8, 4) is 28.7 Å². The van der Waals surface area contributed by atoms with E-state index in [0.29, 0.717) is 36.8 Å². The van der Waals surface area contributed by atoms with Crippen molar-refractivity contribution in [2.75, 3.05) is 41.6 Å². The summed E-state index contributed by atoms with van der Waals surface area (Å²) in [7, 11) is 6.46. The summed E-state index contributed by atoms with van der Waals surface area (Å²) in [5.74, 6) is 3.30. The molecule has 158 valence electrons. The van der Waals surface area contributed by atoms with Crippen LogP contribution in [0.5, 0.6) is 28.7 Å². The van der Waals surface area contributed by atoms with Gasteiger partial charge in [0.1, 0.15) is 11.5 Å². The van der Waals surface area contributed by atoms with Crippen LogP contribution in [0.1, 0.15) is 29.9 Å². The van der Waals surface area contributed by atoms with Crippen LogP contribution in [0.2, 0.25) is 0 Å². The molecule has 0 spiro atoms. The van der Waals surface area contributed by atoms with Crippen LogP contribution in [0.3, 0.4) is 0 Å². The molecule has 2 atom stereocenters. The average molecular weight is 403 g/mol. The van der Waals surface area contributed by atoms with Crippen molar-refractivity contribution < 1.29 is 28.4 Å². The van der Waals surface area contributed by atoms with E-state index < -0.39 is 0 Å². The van der Waals surface area contributed by atoms with Gasteiger partial charge in [-0.1, -0.05) is 6.07 Å². The molecule has 2 N–H and O–H groups in total. The molecule has 0 amide bonds. The van der Waals surface area contributed by atoms with E-state index in [4.69, 9.17) is 34.2 Å². The lowest BCUT2D eigenvalue weighted by molar-refractivity contribution is -0.0940. The monoisotopic (exact) mass is 403 g/mol. The Hall–Kier alpha value is -2.64. The summed E-state index contributed by atoms with van der Waals surface area (Å²) in [4.78, 5) is 0. The molecule has 0 saturated heterocycles. The molecular formula is C22H29NO6. The summed E-state index contributed by atoms with van der Waals surface area (Å²) in [5, 5.41) is 0. The zero-order chi connectivity index (χ0) is 20.8. The molecule has 2 aromatic carbocycles. The predicted octanol–water partition coefficient (Wildman–Crippen LogP) is 3.33. The molecule has 1 aliphatic heterocycles. The first-order valence-corrected chi connectivity index (χ1v) is 9.61. The van der Waals surface area contributed by atoms with E-state index in [1.807, 2.05) is 30.3 Å². The van der Waals surface area contributed by atoms with Crippen molar-refractivity contribution in [2.24, 2.45) is 5.73 Å². The van der Waals surface area contributed by atoms with Crippen molar-refractivity contribution >= 4 is 0 Å². The fourth-order valence-electron chi connectivity index (χ4n) is 3.56. The Morgan fingerprint density at radius 1 is 0.966 bits per heavy atom. The zero-order valence-corrected chi connectivity index (χ0v) is 17.4. The summed E-state index contributed by atoms with van der Waals surface area (Å²) in [6, 6.07) is 9.80. The van der Waals surface area contributed by atoms with E-state index in [1.54, 1.807) is 28.4 Å². The summed E-state index contributed by atoms with van der Waals surface area (Å²) in [6.07, 6.45) is 1.05. The third-order valence-corrected chi connectivity index (χ3v) is 5.02. The van der Waals surface area contributed by atoms with Crippen LogP contribution in [0.4, 0.5) is 0 Å². The van der Waals surface area contributed by atoms with Gasteiger partial charge in [0.2, 0.25) is 12.0 Å². The van der Waals surface area contributed by atoms with E-state index in [1.165, 1.54) is 0 Å². The van der Waals surface area contributed by atoms with Gasteiger partial charge in [-0.25, -0.2) is 0 Å². The fourth-order valence-corrected chi connectivity index (χ4v) is 3.56. The van der Waals surface area contributed by atoms with E-state index >= 15 is 0 Å². The van der Waals surface area contributed by atoms with Gasteiger partial charge in [0.15, 0.2) is 11.5 Å². The number of benzene rings is 2. The van der Waals surface area contributed by atoms with Crippen LogP contribution in [0, 0.1) is 0 Å². The molecule has 3 rings (SSSR count). The maximum atomic E-state index is 6.10. The second-order valence-corrected chi connectivity index (χ2v) is 6.71. The number of hydrogen-bond acceptors (Lipinski definition) is 7. The summed E-state index contributed by atoms with van der Waals surface area (Å²) < 4.78 is 33.9. The molecule has 0 aromatic heterocycles. The van der Waals surface area contributed by atoms with Gasteiger partial charge in [0.05, 0.1) is 35.0 Å². The quantitative estimate of drug-likeness (QED) is 0.643. The lowest BCUT2D eigenvalue weighted by Gasteiger charge is -2.33. The molecular weight excluding hydrogens is 374 g/mol. The average Bonchev–Trinajstić information content (AvgIpc) is 2.77. The largest absolute Gasteiger partial charge is 0.497 e. The molecule has 29 heavy (non-hydrogen) atoms. The minimum Gasteiger partial charge on any atom is -0.497 e. The lowest BCUT2D eigenvalue weighted by atomic mass is 9.85. The molecule has 1 heterocycles. The maximum absolute atomic E-state index is 6.10. The predicted molar refractivity (Wildman–Crippen MR) is 110 cm³/mol. The zero-order valence-electron chi connectivity index (χ0n) is 17.4. The molecule has 1 aliphatic rings. The van der Waals surface area contributed by atoms with Gasteiger partial charge in [-0.05, 0) is 36.7 Å². The van der Waals surface area contributed by atoms with E-state index in [0.717, 1.165) is 29.0 Å². The maximum Gasteiger partial charge on any atom is 0.203 e. The highest BCUT2D eigenvalue weighted by Gasteiger charge is 2.32. The first kappa shape index (κ1) is 21.1. The third-order valence-electron chi connectivity index (χ3n) is 5.02. The van der Waals surface area contributed by atoms with Crippen LogP contribution in [-0.4, -0.2) is 47.9 Å². The first-order chi connectivity index (χ1) is 14.1. The van der Waals surface area contributed by atoms with Crippen molar-refractivity contribution in [2.45, 2.75) is 25.0 Å². The summed E-state index contributed by atoms with van der Waals surface area (Å²) >= 11 is 0. The number of hydrogen-bond donors (Lipinski definition) is 1. The molecule has 0 fully saturated rings. The Labute approximate surface area is 171 Å². The smallest absolute Gasteiger partial charge is 0.203 e. The first-order valence-electron chi connectivity index (χ1n) is 9.61. The molecule has 0 bridgehead atoms. The minimum atomic E-state index is -0.384. The van der Waals surface area contributed by atoms with Gasteiger partial charge >= 0.3 is 0 Å². The summed E-state index contributed by atoms with van der Waals surface area (Å²) in [6.45, 7) is 1.12. The fraction of sp³-hybridized carbons (Fsp3) is 0.455. The van der Waals surface area contributed by atoms with Crippen molar-refractivity contribution in [1.29, 1.82) is 0 Å². The van der Waals surface area contributed by atoms with Crippen LogP contribution < -0.4 is 29.4 Å². The van der Waals surface area contributed by atoms with Crippen molar-refractivity contribution in [3.05, 3.63) is 41.5 Å². The van der Waals surface area contributed by atoms with Gasteiger partial charge in [-0.3, -0.25) is 0 Å². The molecule has 0 radical (unpaired) electrons. The number of methoxy groups -OCH3 is 4. The normalized spacial score (nSPS) is 17.8. The Morgan fingerprint density at radius 2 is 1.69 bits per heavy atom. The number of nitrogens with two attached hydrogens (primary N) is 1. The van der Waals surface area contributed by atoms with E-state index in [2.05, 4.69) is 0 Å². The lowest BCUT2D eigenvalue weighted by Crippen LogP contribution is -2.29. The van der Waals surface area contributed by atoms with Crippen molar-refractivity contribution in [3.63, 3.8) is 0 Å². The second-order valence-electron chi connectivity index (χ2n) is 6.71. The van der Waals surface area contributed by atoms with Gasteiger partial charge in [0, 0.05) is 24.0 Å². The number of fused-ring (bicyclic) bond motifs is 1. The van der Waals surface area contributed by atoms with Gasteiger partial charge < -0.3 is 34.2 Å². The Bertz CT molecular complexity index is 800. The second kappa shape index (κ2) is 9.71. The molecule has 2 aromatic rings. The summed E-state index contributed by atoms with van der Waals surface area (Å²) in [5.41, 5.74) is 7.67.